The first-order chi connectivity index (χ1) is 13.7. The van der Waals surface area contributed by atoms with Crippen molar-refractivity contribution in [2.24, 2.45) is 0 Å². The second-order valence-corrected chi connectivity index (χ2v) is 9.13. The van der Waals surface area contributed by atoms with Gasteiger partial charge < -0.3 is 4.57 Å². The van der Waals surface area contributed by atoms with E-state index in [1.165, 1.54) is 28.2 Å². The quantitative estimate of drug-likeness (QED) is 0.662. The van der Waals surface area contributed by atoms with Crippen molar-refractivity contribution in [2.45, 2.75) is 38.4 Å². The minimum atomic E-state index is 0.0757. The third-order valence-corrected chi connectivity index (χ3v) is 7.41. The lowest BCUT2D eigenvalue weighted by Crippen LogP contribution is -2.56. The van der Waals surface area contributed by atoms with E-state index in [0.717, 1.165) is 45.6 Å². The van der Waals surface area contributed by atoms with Gasteiger partial charge in [0.25, 0.3) is 0 Å². The molecule has 2 aliphatic rings. The number of likely N-dealkylation sites (tertiary alicyclic amines) is 1. The molecule has 1 spiro atoms. The monoisotopic (exact) mass is 392 g/mol. The fourth-order valence-corrected chi connectivity index (χ4v) is 5.55. The van der Waals surface area contributed by atoms with E-state index in [-0.39, 0.29) is 5.54 Å². The van der Waals surface area contributed by atoms with Gasteiger partial charge in [0.15, 0.2) is 0 Å². The maximum Gasteiger partial charge on any atom is 0.129 e. The number of hydrogen-bond acceptors (Lipinski definition) is 4. The summed E-state index contributed by atoms with van der Waals surface area (Å²) in [5.41, 5.74) is 5.37. The van der Waals surface area contributed by atoms with Gasteiger partial charge in [0.1, 0.15) is 5.82 Å². The molecule has 3 aromatic rings. The van der Waals surface area contributed by atoms with Gasteiger partial charge in [-0.3, -0.25) is 9.80 Å². The molecule has 1 saturated heterocycles. The predicted molar refractivity (Wildman–Crippen MR) is 116 cm³/mol. The van der Waals surface area contributed by atoms with Crippen molar-refractivity contribution in [3.05, 3.63) is 64.2 Å². The first-order valence-corrected chi connectivity index (χ1v) is 11.2. The number of fused-ring (bicyclic) bond motifs is 2. The van der Waals surface area contributed by atoms with Crippen molar-refractivity contribution >= 4 is 11.3 Å². The van der Waals surface area contributed by atoms with Crippen LogP contribution in [0.5, 0.6) is 0 Å². The standard InChI is InChI=1S/C23H28N4S/c1-18-3-5-20(6-4-18)21-15-24-22-23(25(2)12-13-27(21)22)8-10-26(11-9-23)16-19-7-14-28-17-19/h3-7,14-15,17H,8-13,16H2,1-2H3. The summed E-state index contributed by atoms with van der Waals surface area (Å²) in [4.78, 5) is 10.2. The highest BCUT2D eigenvalue weighted by molar-refractivity contribution is 7.07. The molecule has 2 aromatic heterocycles. The van der Waals surface area contributed by atoms with Crippen LogP contribution in [0.1, 0.15) is 29.8 Å². The summed E-state index contributed by atoms with van der Waals surface area (Å²) in [6, 6.07) is 11.1. The first kappa shape index (κ1) is 18.1. The minimum absolute atomic E-state index is 0.0757. The zero-order valence-corrected chi connectivity index (χ0v) is 17.6. The maximum atomic E-state index is 4.99. The normalized spacial score (nSPS) is 19.8. The van der Waals surface area contributed by atoms with Crippen LogP contribution in [0.4, 0.5) is 0 Å². The molecule has 0 atom stereocenters. The molecule has 0 saturated carbocycles. The number of rotatable bonds is 3. The molecular weight excluding hydrogens is 364 g/mol. The van der Waals surface area contributed by atoms with E-state index in [0.29, 0.717) is 0 Å². The molecule has 5 heteroatoms. The Kier molecular flexibility index (Phi) is 4.62. The molecule has 2 aliphatic heterocycles. The maximum absolute atomic E-state index is 4.99. The molecule has 0 unspecified atom stereocenters. The molecule has 0 radical (unpaired) electrons. The molecule has 5 rings (SSSR count). The zero-order valence-electron chi connectivity index (χ0n) is 16.8. The summed E-state index contributed by atoms with van der Waals surface area (Å²) in [7, 11) is 2.29. The van der Waals surface area contributed by atoms with E-state index in [2.05, 4.69) is 75.6 Å². The number of aryl methyl sites for hydroxylation is 1. The number of likely N-dealkylation sites (N-methyl/N-ethyl adjacent to an activating group) is 1. The van der Waals surface area contributed by atoms with Crippen LogP contribution in [0, 0.1) is 6.92 Å². The van der Waals surface area contributed by atoms with Crippen molar-refractivity contribution in [3.63, 3.8) is 0 Å². The molecule has 4 heterocycles. The van der Waals surface area contributed by atoms with E-state index in [1.807, 2.05) is 0 Å². The number of hydrogen-bond donors (Lipinski definition) is 0. The number of nitrogens with zero attached hydrogens (tertiary/aromatic N) is 4. The molecule has 1 aromatic carbocycles. The summed E-state index contributed by atoms with van der Waals surface area (Å²) in [6.07, 6.45) is 4.40. The van der Waals surface area contributed by atoms with Crippen molar-refractivity contribution in [1.29, 1.82) is 0 Å². The van der Waals surface area contributed by atoms with Gasteiger partial charge in [0.05, 0.1) is 17.4 Å². The highest BCUT2D eigenvalue weighted by atomic mass is 32.1. The SMILES string of the molecule is Cc1ccc(-c2cnc3n2CCN(C)C32CCN(Cc3ccsc3)CC2)cc1. The molecule has 28 heavy (non-hydrogen) atoms. The molecular formula is C23H28N4S. The summed E-state index contributed by atoms with van der Waals surface area (Å²) in [6.45, 7) is 7.60. The van der Waals surface area contributed by atoms with Gasteiger partial charge in [-0.2, -0.15) is 11.3 Å². The van der Waals surface area contributed by atoms with Gasteiger partial charge in [-0.05, 0) is 54.8 Å². The van der Waals surface area contributed by atoms with Crippen molar-refractivity contribution in [2.75, 3.05) is 26.7 Å². The van der Waals surface area contributed by atoms with Crippen LogP contribution in [0.25, 0.3) is 11.3 Å². The van der Waals surface area contributed by atoms with Crippen LogP contribution in [-0.4, -0.2) is 46.0 Å². The fraction of sp³-hybridized carbons (Fsp3) is 0.435. The lowest BCUT2D eigenvalue weighted by molar-refractivity contribution is 0.00703. The van der Waals surface area contributed by atoms with Crippen LogP contribution < -0.4 is 0 Å². The van der Waals surface area contributed by atoms with Crippen LogP contribution in [0.2, 0.25) is 0 Å². The first-order valence-electron chi connectivity index (χ1n) is 10.2. The van der Waals surface area contributed by atoms with E-state index >= 15 is 0 Å². The average molecular weight is 393 g/mol. The molecule has 1 fully saturated rings. The summed E-state index contributed by atoms with van der Waals surface area (Å²) in [5, 5.41) is 4.46. The third kappa shape index (κ3) is 3.02. The van der Waals surface area contributed by atoms with Gasteiger partial charge in [0, 0.05) is 32.7 Å². The van der Waals surface area contributed by atoms with Gasteiger partial charge in [-0.25, -0.2) is 4.98 Å². The smallest absolute Gasteiger partial charge is 0.129 e. The van der Waals surface area contributed by atoms with Gasteiger partial charge in [0.2, 0.25) is 0 Å². The molecule has 0 amide bonds. The highest BCUT2D eigenvalue weighted by Crippen LogP contribution is 2.41. The van der Waals surface area contributed by atoms with Crippen molar-refractivity contribution < 1.29 is 0 Å². The number of piperidine rings is 1. The molecule has 4 nitrogen and oxygen atoms in total. The topological polar surface area (TPSA) is 24.3 Å². The lowest BCUT2D eigenvalue weighted by atomic mass is 9.83. The molecule has 0 N–H and O–H groups in total. The van der Waals surface area contributed by atoms with Crippen LogP contribution >= 0.6 is 11.3 Å². The Labute approximate surface area is 171 Å². The third-order valence-electron chi connectivity index (χ3n) is 6.68. The van der Waals surface area contributed by atoms with E-state index in [9.17, 15) is 0 Å². The Morgan fingerprint density at radius 3 is 2.54 bits per heavy atom. The van der Waals surface area contributed by atoms with Crippen molar-refractivity contribution in [1.82, 2.24) is 19.4 Å². The fourth-order valence-electron chi connectivity index (χ4n) is 4.89. The number of benzene rings is 1. The summed E-state index contributed by atoms with van der Waals surface area (Å²) in [5.74, 6) is 1.27. The second-order valence-electron chi connectivity index (χ2n) is 8.35. The van der Waals surface area contributed by atoms with Crippen LogP contribution in [-0.2, 0) is 18.6 Å². The number of thiophene rings is 1. The Hall–Kier alpha value is -1.95. The van der Waals surface area contributed by atoms with Gasteiger partial charge >= 0.3 is 0 Å². The van der Waals surface area contributed by atoms with Crippen molar-refractivity contribution in [3.8, 4) is 11.3 Å². The second kappa shape index (κ2) is 7.14. The Morgan fingerprint density at radius 2 is 1.82 bits per heavy atom. The van der Waals surface area contributed by atoms with E-state index in [1.54, 1.807) is 11.3 Å². The summed E-state index contributed by atoms with van der Waals surface area (Å²) < 4.78 is 2.49. The predicted octanol–water partition coefficient (Wildman–Crippen LogP) is 4.36. The average Bonchev–Trinajstić information content (AvgIpc) is 3.37. The van der Waals surface area contributed by atoms with Gasteiger partial charge in [-0.1, -0.05) is 29.8 Å². The molecule has 146 valence electrons. The lowest BCUT2D eigenvalue weighted by Gasteiger charge is -2.49. The highest BCUT2D eigenvalue weighted by Gasteiger charge is 2.45. The number of aromatic nitrogens is 2. The minimum Gasteiger partial charge on any atom is -0.325 e. The Balaban J connectivity index is 1.42. The molecule has 0 bridgehead atoms. The largest absolute Gasteiger partial charge is 0.325 e. The summed E-state index contributed by atoms with van der Waals surface area (Å²) >= 11 is 1.79. The Morgan fingerprint density at radius 1 is 1.04 bits per heavy atom. The van der Waals surface area contributed by atoms with Crippen LogP contribution in [0.3, 0.4) is 0 Å². The number of imidazole rings is 1. The van der Waals surface area contributed by atoms with E-state index in [4.69, 9.17) is 4.98 Å². The molecule has 0 aliphatic carbocycles. The Bertz CT molecular complexity index is 934. The zero-order chi connectivity index (χ0) is 19.1. The van der Waals surface area contributed by atoms with Crippen LogP contribution in [0.15, 0.2) is 47.3 Å². The van der Waals surface area contributed by atoms with E-state index < -0.39 is 0 Å². The van der Waals surface area contributed by atoms with Gasteiger partial charge in [-0.15, -0.1) is 0 Å².